The molecule has 0 spiro atoms. The van der Waals surface area contributed by atoms with Gasteiger partial charge in [-0.2, -0.15) is 0 Å². The molecule has 1 aromatic carbocycles. The quantitative estimate of drug-likeness (QED) is 0.870. The van der Waals surface area contributed by atoms with E-state index in [2.05, 4.69) is 46.2 Å². The Morgan fingerprint density at radius 2 is 1.92 bits per heavy atom. The van der Waals surface area contributed by atoms with E-state index in [1.165, 1.54) is 36.8 Å². The van der Waals surface area contributed by atoms with Crippen molar-refractivity contribution in [3.8, 4) is 0 Å². The van der Waals surface area contributed by atoms with Crippen molar-refractivity contribution in [2.24, 2.45) is 0 Å². The molecular formula is C21H28ClN3O. The van der Waals surface area contributed by atoms with E-state index in [1.807, 2.05) is 0 Å². The summed E-state index contributed by atoms with van der Waals surface area (Å²) >= 11 is 0. The normalized spacial score (nSPS) is 27.8. The van der Waals surface area contributed by atoms with Crippen LogP contribution in [0.3, 0.4) is 0 Å². The summed E-state index contributed by atoms with van der Waals surface area (Å²) in [5.74, 6) is 0.121. The molecule has 0 saturated carbocycles. The van der Waals surface area contributed by atoms with E-state index in [-0.39, 0.29) is 18.3 Å². The summed E-state index contributed by atoms with van der Waals surface area (Å²) in [6.07, 6.45) is 10.5. The van der Waals surface area contributed by atoms with E-state index in [0.717, 1.165) is 36.8 Å². The number of benzene rings is 1. The van der Waals surface area contributed by atoms with Gasteiger partial charge in [-0.05, 0) is 51.1 Å². The van der Waals surface area contributed by atoms with Crippen molar-refractivity contribution in [3.63, 3.8) is 0 Å². The largest absolute Gasteiger partial charge is 0.349 e. The number of halogens is 1. The predicted molar refractivity (Wildman–Crippen MR) is 107 cm³/mol. The van der Waals surface area contributed by atoms with Gasteiger partial charge in [-0.15, -0.1) is 12.4 Å². The van der Waals surface area contributed by atoms with Crippen molar-refractivity contribution >= 4 is 29.2 Å². The van der Waals surface area contributed by atoms with Crippen molar-refractivity contribution in [2.45, 2.75) is 69.6 Å². The molecule has 4 heterocycles. The number of nitrogens with one attached hydrogen (secondary N) is 1. The second-order valence-corrected chi connectivity index (χ2v) is 8.20. The van der Waals surface area contributed by atoms with Gasteiger partial charge in [0.05, 0.1) is 11.1 Å². The number of fused-ring (bicyclic) bond motifs is 2. The Kier molecular flexibility index (Phi) is 4.74. The molecule has 2 saturated heterocycles. The second-order valence-electron chi connectivity index (χ2n) is 8.20. The van der Waals surface area contributed by atoms with E-state index in [1.54, 1.807) is 0 Å². The zero-order chi connectivity index (χ0) is 17.0. The molecule has 2 bridgehead atoms. The number of para-hydroxylation sites is 1. The average molecular weight is 374 g/mol. The monoisotopic (exact) mass is 373 g/mol. The number of nitrogens with zero attached hydrogens (tertiary/aromatic N) is 2. The highest BCUT2D eigenvalue weighted by Crippen LogP contribution is 2.33. The Morgan fingerprint density at radius 1 is 1.15 bits per heavy atom. The van der Waals surface area contributed by atoms with Crippen LogP contribution in [0, 0.1) is 0 Å². The van der Waals surface area contributed by atoms with Crippen molar-refractivity contribution in [1.29, 1.82) is 0 Å². The first kappa shape index (κ1) is 17.9. The number of carbonyl (C=O) groups is 1. The summed E-state index contributed by atoms with van der Waals surface area (Å²) in [4.78, 5) is 15.6. The van der Waals surface area contributed by atoms with Crippen LogP contribution in [0.15, 0.2) is 24.4 Å². The minimum Gasteiger partial charge on any atom is -0.349 e. The standard InChI is InChI=1S/C21H27N3O.ClH/c1-23-16-7-3-8-17(23)12-15(11-16)22-21(25)19-13-24-10-4-6-14-5-2-9-18(19)20(14)24;/h2,5,9,13,15-17H,3-4,6-8,10-12H2,1H3,(H,22,25);1H. The van der Waals surface area contributed by atoms with Gasteiger partial charge in [0.25, 0.3) is 5.91 Å². The molecule has 5 heteroatoms. The lowest BCUT2D eigenvalue weighted by Crippen LogP contribution is -2.55. The molecule has 4 nitrogen and oxygen atoms in total. The van der Waals surface area contributed by atoms with Gasteiger partial charge in [-0.25, -0.2) is 0 Å². The van der Waals surface area contributed by atoms with Crippen molar-refractivity contribution in [1.82, 2.24) is 14.8 Å². The van der Waals surface area contributed by atoms with Crippen LogP contribution in [0.25, 0.3) is 10.9 Å². The van der Waals surface area contributed by atoms with Crippen LogP contribution in [0.1, 0.15) is 54.4 Å². The molecule has 140 valence electrons. The lowest BCUT2D eigenvalue weighted by Gasteiger charge is -2.47. The number of aryl methyl sites for hydroxylation is 2. The SMILES string of the molecule is CN1C2CCCC1CC(NC(=O)c1cn3c4c(cccc14)CCC3)C2.Cl. The molecule has 2 aromatic rings. The Morgan fingerprint density at radius 3 is 2.69 bits per heavy atom. The third-order valence-corrected chi connectivity index (χ3v) is 6.75. The Hall–Kier alpha value is -1.52. The molecule has 3 aliphatic heterocycles. The van der Waals surface area contributed by atoms with Gasteiger partial charge in [-0.1, -0.05) is 24.6 Å². The van der Waals surface area contributed by atoms with Crippen molar-refractivity contribution in [2.75, 3.05) is 7.05 Å². The molecule has 5 rings (SSSR count). The highest BCUT2D eigenvalue weighted by Gasteiger charge is 2.36. The molecule has 2 atom stereocenters. The molecule has 1 aromatic heterocycles. The first-order valence-electron chi connectivity index (χ1n) is 9.84. The minimum absolute atomic E-state index is 0. The summed E-state index contributed by atoms with van der Waals surface area (Å²) in [5.41, 5.74) is 3.53. The van der Waals surface area contributed by atoms with Gasteiger partial charge < -0.3 is 14.8 Å². The number of hydrogen-bond donors (Lipinski definition) is 1. The van der Waals surface area contributed by atoms with Gasteiger partial charge in [0.2, 0.25) is 0 Å². The number of rotatable bonds is 2. The Balaban J connectivity index is 0.00000168. The van der Waals surface area contributed by atoms with Crippen molar-refractivity contribution < 1.29 is 4.79 Å². The molecule has 0 aliphatic carbocycles. The highest BCUT2D eigenvalue weighted by atomic mass is 35.5. The third kappa shape index (κ3) is 2.84. The lowest BCUT2D eigenvalue weighted by atomic mass is 9.82. The summed E-state index contributed by atoms with van der Waals surface area (Å²) in [5, 5.41) is 4.50. The van der Waals surface area contributed by atoms with Crippen LogP contribution in [0.4, 0.5) is 0 Å². The van der Waals surface area contributed by atoms with Gasteiger partial charge in [0.15, 0.2) is 0 Å². The van der Waals surface area contributed by atoms with E-state index in [0.29, 0.717) is 18.1 Å². The van der Waals surface area contributed by atoms with Gasteiger partial charge in [0.1, 0.15) is 0 Å². The highest BCUT2D eigenvalue weighted by molar-refractivity contribution is 6.07. The van der Waals surface area contributed by atoms with Crippen LogP contribution < -0.4 is 5.32 Å². The number of aromatic nitrogens is 1. The summed E-state index contributed by atoms with van der Waals surface area (Å²) < 4.78 is 2.28. The fourth-order valence-corrected chi connectivity index (χ4v) is 5.43. The van der Waals surface area contributed by atoms with Crippen LogP contribution >= 0.6 is 12.4 Å². The van der Waals surface area contributed by atoms with Crippen LogP contribution in [-0.2, 0) is 13.0 Å². The summed E-state index contributed by atoms with van der Waals surface area (Å²) in [6, 6.07) is 8.03. The maximum Gasteiger partial charge on any atom is 0.253 e. The van der Waals surface area contributed by atoms with Crippen molar-refractivity contribution in [3.05, 3.63) is 35.5 Å². The number of hydrogen-bond acceptors (Lipinski definition) is 2. The van der Waals surface area contributed by atoms with Crippen LogP contribution in [0.5, 0.6) is 0 Å². The third-order valence-electron chi connectivity index (χ3n) is 6.75. The first-order valence-corrected chi connectivity index (χ1v) is 9.84. The molecule has 0 radical (unpaired) electrons. The van der Waals surface area contributed by atoms with Gasteiger partial charge in [-0.3, -0.25) is 4.79 Å². The summed E-state index contributed by atoms with van der Waals surface area (Å²) in [7, 11) is 2.26. The lowest BCUT2D eigenvalue weighted by molar-refractivity contribution is 0.0463. The maximum absolute atomic E-state index is 13.1. The Bertz CT molecular complexity index is 816. The topological polar surface area (TPSA) is 37.3 Å². The van der Waals surface area contributed by atoms with Gasteiger partial charge in [0, 0.05) is 36.3 Å². The smallest absolute Gasteiger partial charge is 0.253 e. The fourth-order valence-electron chi connectivity index (χ4n) is 5.43. The summed E-state index contributed by atoms with van der Waals surface area (Å²) in [6.45, 7) is 1.03. The van der Waals surface area contributed by atoms with E-state index >= 15 is 0 Å². The minimum atomic E-state index is 0. The molecule has 3 aliphatic rings. The Labute approximate surface area is 161 Å². The molecule has 26 heavy (non-hydrogen) atoms. The van der Waals surface area contributed by atoms with Crippen LogP contribution in [-0.4, -0.2) is 40.5 Å². The van der Waals surface area contributed by atoms with E-state index < -0.39 is 0 Å². The molecule has 2 unspecified atom stereocenters. The first-order chi connectivity index (χ1) is 12.2. The molecule has 2 fully saturated rings. The molecular weight excluding hydrogens is 346 g/mol. The predicted octanol–water partition coefficient (Wildman–Crippen LogP) is 3.75. The number of piperidine rings is 2. The van der Waals surface area contributed by atoms with Gasteiger partial charge >= 0.3 is 0 Å². The maximum atomic E-state index is 13.1. The van der Waals surface area contributed by atoms with E-state index in [4.69, 9.17) is 0 Å². The zero-order valence-corrected chi connectivity index (χ0v) is 16.2. The molecule has 1 amide bonds. The molecule has 1 N–H and O–H groups in total. The zero-order valence-electron chi connectivity index (χ0n) is 15.4. The second kappa shape index (κ2) is 6.90. The van der Waals surface area contributed by atoms with E-state index in [9.17, 15) is 4.79 Å². The van der Waals surface area contributed by atoms with Crippen LogP contribution in [0.2, 0.25) is 0 Å². The number of amides is 1. The fraction of sp³-hybridized carbons (Fsp3) is 0.571. The average Bonchev–Trinajstić information content (AvgIpc) is 2.97. The number of carbonyl (C=O) groups excluding carboxylic acids is 1.